The number of nitrogens with one attached hydrogen (secondary N) is 1. The van der Waals surface area contributed by atoms with E-state index in [1.165, 1.54) is 11.0 Å². The van der Waals surface area contributed by atoms with Crippen molar-refractivity contribution < 1.29 is 8.78 Å². The average molecular weight is 413 g/mol. The van der Waals surface area contributed by atoms with Crippen molar-refractivity contribution in [1.29, 1.82) is 0 Å². The van der Waals surface area contributed by atoms with Gasteiger partial charge in [0.05, 0.1) is 21.3 Å². The van der Waals surface area contributed by atoms with Crippen molar-refractivity contribution in [3.63, 3.8) is 0 Å². The zero-order valence-corrected chi connectivity index (χ0v) is 15.9. The molecule has 1 N–H and O–H groups in total. The molecule has 4 rings (SSSR count). The number of hydrogen-bond donors (Lipinski definition) is 1. The molecule has 2 heterocycles. The van der Waals surface area contributed by atoms with Crippen LogP contribution in [0.15, 0.2) is 34.4 Å². The van der Waals surface area contributed by atoms with E-state index in [-0.39, 0.29) is 24.8 Å². The van der Waals surface area contributed by atoms with Crippen LogP contribution in [0, 0.1) is 5.92 Å². The summed E-state index contributed by atoms with van der Waals surface area (Å²) in [6.45, 7) is 1.93. The average Bonchev–Trinajstić information content (AvgIpc) is 2.56. The van der Waals surface area contributed by atoms with Crippen molar-refractivity contribution in [2.75, 3.05) is 0 Å². The standard InChI is InChI=1S/C18H16Cl2F2N4O/c1-9-5-13-15(14-11(19)3-2-4-12(14)20)17(27)23-8-26(13)25-16(9)24-10-6-18(21,22)7-10/h2-4,8-10H,5-7H2,1H3,(H,24,25). The summed E-state index contributed by atoms with van der Waals surface area (Å²) in [6.07, 6.45) is 1.40. The minimum Gasteiger partial charge on any atom is -0.369 e. The van der Waals surface area contributed by atoms with Gasteiger partial charge in [0.2, 0.25) is 0 Å². The van der Waals surface area contributed by atoms with E-state index < -0.39 is 11.5 Å². The summed E-state index contributed by atoms with van der Waals surface area (Å²) in [5.41, 5.74) is 0.953. The molecular formula is C18H16Cl2F2N4O. The van der Waals surface area contributed by atoms with Gasteiger partial charge in [-0.05, 0) is 12.1 Å². The second-order valence-electron chi connectivity index (χ2n) is 7.01. The van der Waals surface area contributed by atoms with Crippen LogP contribution in [0.2, 0.25) is 10.0 Å². The van der Waals surface area contributed by atoms with Crippen molar-refractivity contribution in [2.45, 2.75) is 38.2 Å². The molecule has 1 fully saturated rings. The fourth-order valence-corrected chi connectivity index (χ4v) is 4.08. The minimum atomic E-state index is -2.60. The van der Waals surface area contributed by atoms with Crippen molar-refractivity contribution >= 4 is 29.0 Å². The summed E-state index contributed by atoms with van der Waals surface area (Å²) in [4.78, 5) is 16.4. The van der Waals surface area contributed by atoms with E-state index in [0.29, 0.717) is 39.1 Å². The second kappa shape index (κ2) is 6.56. The number of rotatable bonds is 2. The lowest BCUT2D eigenvalue weighted by atomic mass is 9.87. The molecule has 27 heavy (non-hydrogen) atoms. The van der Waals surface area contributed by atoms with Gasteiger partial charge >= 0.3 is 0 Å². The zero-order chi connectivity index (χ0) is 19.3. The van der Waals surface area contributed by atoms with Crippen LogP contribution in [0.4, 0.5) is 8.78 Å². The lowest BCUT2D eigenvalue weighted by Crippen LogP contribution is -2.52. The molecule has 0 radical (unpaired) electrons. The highest BCUT2D eigenvalue weighted by molar-refractivity contribution is 6.39. The third-order valence-electron chi connectivity index (χ3n) is 4.90. The van der Waals surface area contributed by atoms with E-state index in [4.69, 9.17) is 23.2 Å². The van der Waals surface area contributed by atoms with Gasteiger partial charge in [0, 0.05) is 36.8 Å². The summed E-state index contributed by atoms with van der Waals surface area (Å²) in [5.74, 6) is -2.08. The molecule has 142 valence electrons. The lowest BCUT2D eigenvalue weighted by molar-refractivity contribution is -0.0888. The number of nitrogens with zero attached hydrogens (tertiary/aromatic N) is 3. The third kappa shape index (κ3) is 3.34. The molecule has 1 aromatic heterocycles. The van der Waals surface area contributed by atoms with Crippen LogP contribution in [-0.4, -0.2) is 27.5 Å². The molecule has 2 aromatic rings. The predicted molar refractivity (Wildman–Crippen MR) is 101 cm³/mol. The Morgan fingerprint density at radius 3 is 2.52 bits per heavy atom. The number of halogens is 4. The summed E-state index contributed by atoms with van der Waals surface area (Å²) in [7, 11) is 0. The van der Waals surface area contributed by atoms with Crippen LogP contribution in [0.1, 0.15) is 25.5 Å². The van der Waals surface area contributed by atoms with E-state index in [1.54, 1.807) is 18.2 Å². The molecule has 1 atom stereocenters. The van der Waals surface area contributed by atoms with Crippen molar-refractivity contribution in [2.24, 2.45) is 11.0 Å². The summed E-state index contributed by atoms with van der Waals surface area (Å²) < 4.78 is 27.7. The van der Waals surface area contributed by atoms with Crippen LogP contribution in [0.25, 0.3) is 11.1 Å². The molecule has 0 spiro atoms. The number of aromatic nitrogens is 2. The first-order chi connectivity index (χ1) is 12.7. The molecule has 0 saturated heterocycles. The maximum absolute atomic E-state index is 13.1. The Balaban J connectivity index is 1.75. The zero-order valence-electron chi connectivity index (χ0n) is 14.3. The van der Waals surface area contributed by atoms with Gasteiger partial charge in [-0.15, -0.1) is 0 Å². The number of benzene rings is 1. The fourth-order valence-electron chi connectivity index (χ4n) is 3.49. The first kappa shape index (κ1) is 18.4. The summed E-state index contributed by atoms with van der Waals surface area (Å²) >= 11 is 12.6. The quantitative estimate of drug-likeness (QED) is 0.811. The highest BCUT2D eigenvalue weighted by Crippen LogP contribution is 2.38. The summed E-state index contributed by atoms with van der Waals surface area (Å²) in [5, 5.41) is 8.27. The van der Waals surface area contributed by atoms with Crippen LogP contribution >= 0.6 is 23.2 Å². The molecule has 9 heteroatoms. The molecular weight excluding hydrogens is 397 g/mol. The van der Waals surface area contributed by atoms with E-state index >= 15 is 0 Å². The molecule has 0 bridgehead atoms. The molecule has 1 saturated carbocycles. The van der Waals surface area contributed by atoms with Crippen molar-refractivity contribution in [3.05, 3.63) is 50.6 Å². The van der Waals surface area contributed by atoms with Gasteiger partial charge in [-0.2, -0.15) is 10.1 Å². The van der Waals surface area contributed by atoms with Crippen molar-refractivity contribution in [1.82, 2.24) is 15.0 Å². The third-order valence-corrected chi connectivity index (χ3v) is 5.53. The maximum Gasteiger partial charge on any atom is 0.281 e. The Labute approximate surface area is 164 Å². The Morgan fingerprint density at radius 2 is 1.89 bits per heavy atom. The van der Waals surface area contributed by atoms with Crippen molar-refractivity contribution in [3.8, 4) is 11.1 Å². The molecule has 0 amide bonds. The normalized spacial score (nSPS) is 21.2. The predicted octanol–water partition coefficient (Wildman–Crippen LogP) is 3.96. The molecule has 1 aliphatic heterocycles. The highest BCUT2D eigenvalue weighted by atomic mass is 35.5. The fraction of sp³-hybridized carbons (Fsp3) is 0.389. The Bertz CT molecular complexity index is 977. The van der Waals surface area contributed by atoms with Crippen LogP contribution in [0.5, 0.6) is 0 Å². The van der Waals surface area contributed by atoms with Gasteiger partial charge in [0.15, 0.2) is 0 Å². The largest absolute Gasteiger partial charge is 0.369 e. The van der Waals surface area contributed by atoms with Crippen LogP contribution < -0.4 is 10.9 Å². The number of alkyl halides is 2. The minimum absolute atomic E-state index is 0.0824. The van der Waals surface area contributed by atoms with Gasteiger partial charge < -0.3 is 5.32 Å². The Hall–Kier alpha value is -1.99. The molecule has 1 aromatic carbocycles. The van der Waals surface area contributed by atoms with E-state index in [1.807, 2.05) is 6.92 Å². The van der Waals surface area contributed by atoms with E-state index in [9.17, 15) is 13.6 Å². The second-order valence-corrected chi connectivity index (χ2v) is 7.82. The van der Waals surface area contributed by atoms with Crippen LogP contribution in [0.3, 0.4) is 0 Å². The molecule has 2 aliphatic rings. The topological polar surface area (TPSA) is 59.3 Å². The molecule has 1 unspecified atom stereocenters. The monoisotopic (exact) mass is 412 g/mol. The van der Waals surface area contributed by atoms with Crippen LogP contribution in [-0.2, 0) is 6.42 Å². The maximum atomic E-state index is 13.1. The molecule has 5 nitrogen and oxygen atoms in total. The van der Waals surface area contributed by atoms with E-state index in [2.05, 4.69) is 15.4 Å². The molecule has 1 aliphatic carbocycles. The van der Waals surface area contributed by atoms with E-state index in [0.717, 1.165) is 0 Å². The SMILES string of the molecule is CC1Cc2c(-c3c(Cl)cccc3Cl)c(=O)ncn2N=C1NC1CC(F)(F)C1. The Kier molecular flexibility index (Phi) is 4.47. The number of hydrogen-bond acceptors (Lipinski definition) is 4. The van der Waals surface area contributed by atoms with Gasteiger partial charge in [0.25, 0.3) is 11.5 Å². The van der Waals surface area contributed by atoms with Gasteiger partial charge in [-0.25, -0.2) is 13.5 Å². The Morgan fingerprint density at radius 1 is 1.22 bits per heavy atom. The number of fused-ring (bicyclic) bond motifs is 1. The summed E-state index contributed by atoms with van der Waals surface area (Å²) in [6, 6.07) is 4.72. The first-order valence-corrected chi connectivity index (χ1v) is 9.29. The number of amidine groups is 1. The van der Waals surface area contributed by atoms with Gasteiger partial charge in [-0.3, -0.25) is 4.79 Å². The lowest BCUT2D eigenvalue weighted by Gasteiger charge is -2.37. The first-order valence-electron chi connectivity index (χ1n) is 8.53. The smallest absolute Gasteiger partial charge is 0.281 e. The van der Waals surface area contributed by atoms with Gasteiger partial charge in [-0.1, -0.05) is 36.2 Å². The van der Waals surface area contributed by atoms with Gasteiger partial charge in [0.1, 0.15) is 12.2 Å². The highest BCUT2D eigenvalue weighted by Gasteiger charge is 2.46.